The highest BCUT2D eigenvalue weighted by Crippen LogP contribution is 2.31. The average molecular weight is 353 g/mol. The third-order valence-electron chi connectivity index (χ3n) is 4.27. The summed E-state index contributed by atoms with van der Waals surface area (Å²) in [5.41, 5.74) is 0.568. The van der Waals surface area contributed by atoms with Gasteiger partial charge in [0.2, 0.25) is 0 Å². The van der Waals surface area contributed by atoms with E-state index in [0.717, 1.165) is 32.4 Å². The smallest absolute Gasteiger partial charge is 0.254 e. The topological polar surface area (TPSA) is 52.6 Å². The molecule has 2 N–H and O–H groups in total. The Hall–Kier alpha value is -1.07. The molecule has 4 nitrogen and oxygen atoms in total. The number of amides is 1. The molecule has 21 heavy (non-hydrogen) atoms. The summed E-state index contributed by atoms with van der Waals surface area (Å²) in [4.78, 5) is 14.7. The predicted octanol–water partition coefficient (Wildman–Crippen LogP) is 2.90. The first-order chi connectivity index (χ1) is 10.1. The Bertz CT molecular complexity index is 525. The molecule has 114 valence electrons. The van der Waals surface area contributed by atoms with Gasteiger partial charge in [-0.15, -0.1) is 0 Å². The molecule has 1 heterocycles. The first kappa shape index (κ1) is 14.9. The third-order valence-corrected chi connectivity index (χ3v) is 4.94. The summed E-state index contributed by atoms with van der Waals surface area (Å²) in [6.07, 6.45) is 5.81. The fourth-order valence-corrected chi connectivity index (χ4v) is 3.16. The molecule has 1 unspecified atom stereocenters. The van der Waals surface area contributed by atoms with Crippen LogP contribution in [0.4, 0.5) is 0 Å². The Morgan fingerprint density at radius 2 is 2.14 bits per heavy atom. The molecule has 0 radical (unpaired) electrons. The number of piperidine rings is 1. The highest BCUT2D eigenvalue weighted by molar-refractivity contribution is 9.10. The fourth-order valence-electron chi connectivity index (χ4n) is 2.91. The Morgan fingerprint density at radius 3 is 2.76 bits per heavy atom. The van der Waals surface area contributed by atoms with Crippen molar-refractivity contribution in [3.8, 4) is 5.75 Å². The molecule has 1 saturated heterocycles. The highest BCUT2D eigenvalue weighted by atomic mass is 79.9. The van der Waals surface area contributed by atoms with Crippen LogP contribution in [0, 0.1) is 0 Å². The minimum Gasteiger partial charge on any atom is -0.507 e. The number of carbonyl (C=O) groups is 1. The van der Waals surface area contributed by atoms with Crippen LogP contribution < -0.4 is 5.32 Å². The number of phenolic OH excluding ortho intramolecular Hbond substituents is 1. The lowest BCUT2D eigenvalue weighted by atomic mass is 10.0. The largest absolute Gasteiger partial charge is 0.507 e. The van der Waals surface area contributed by atoms with Gasteiger partial charge in [-0.2, -0.15) is 0 Å². The van der Waals surface area contributed by atoms with Gasteiger partial charge in [-0.25, -0.2) is 0 Å². The number of hydrogen-bond donors (Lipinski definition) is 2. The second-order valence-corrected chi connectivity index (χ2v) is 6.86. The van der Waals surface area contributed by atoms with Crippen molar-refractivity contribution >= 4 is 21.8 Å². The van der Waals surface area contributed by atoms with Gasteiger partial charge in [0.05, 0.1) is 4.47 Å². The van der Waals surface area contributed by atoms with Crippen LogP contribution in [-0.2, 0) is 0 Å². The number of hydrogen-bond acceptors (Lipinski definition) is 3. The number of benzene rings is 1. The number of carbonyl (C=O) groups excluding carboxylic acids is 1. The Labute approximate surface area is 133 Å². The lowest BCUT2D eigenvalue weighted by molar-refractivity contribution is 0.0717. The minimum atomic E-state index is 0.0349. The Kier molecular flexibility index (Phi) is 4.50. The molecular weight excluding hydrogens is 332 g/mol. The SMILES string of the molecule is O=C(c1ccc(Br)c(O)c1)N(CC1CCCCN1)C1CC1. The number of phenols is 1. The molecule has 1 aromatic rings. The molecule has 0 aromatic heterocycles. The van der Waals surface area contributed by atoms with Gasteiger partial charge < -0.3 is 15.3 Å². The summed E-state index contributed by atoms with van der Waals surface area (Å²) in [5.74, 6) is 0.153. The number of nitrogens with zero attached hydrogens (tertiary/aromatic N) is 1. The van der Waals surface area contributed by atoms with Gasteiger partial charge in [-0.3, -0.25) is 4.79 Å². The Morgan fingerprint density at radius 1 is 1.33 bits per heavy atom. The van der Waals surface area contributed by atoms with E-state index in [1.54, 1.807) is 18.2 Å². The monoisotopic (exact) mass is 352 g/mol. The first-order valence-electron chi connectivity index (χ1n) is 7.68. The molecule has 2 fully saturated rings. The van der Waals surface area contributed by atoms with E-state index in [1.165, 1.54) is 12.8 Å². The molecule has 3 rings (SSSR count). The summed E-state index contributed by atoms with van der Waals surface area (Å²) in [6, 6.07) is 5.85. The van der Waals surface area contributed by atoms with Gasteiger partial charge in [-0.1, -0.05) is 6.42 Å². The summed E-state index contributed by atoms with van der Waals surface area (Å²) in [6.45, 7) is 1.83. The van der Waals surface area contributed by atoms with Gasteiger partial charge in [-0.05, 0) is 66.4 Å². The van der Waals surface area contributed by atoms with Crippen molar-refractivity contribution in [3.05, 3.63) is 28.2 Å². The lowest BCUT2D eigenvalue weighted by Gasteiger charge is -2.31. The molecule has 1 atom stereocenters. The Balaban J connectivity index is 1.73. The zero-order valence-corrected chi connectivity index (χ0v) is 13.6. The second-order valence-electron chi connectivity index (χ2n) is 6.00. The van der Waals surface area contributed by atoms with Crippen molar-refractivity contribution in [2.24, 2.45) is 0 Å². The summed E-state index contributed by atoms with van der Waals surface area (Å²) in [5, 5.41) is 13.3. The normalized spacial score (nSPS) is 22.0. The maximum Gasteiger partial charge on any atom is 0.254 e. The molecule has 1 aromatic carbocycles. The maximum atomic E-state index is 12.7. The quantitative estimate of drug-likeness (QED) is 0.875. The van der Waals surface area contributed by atoms with E-state index < -0.39 is 0 Å². The second kappa shape index (κ2) is 6.36. The van der Waals surface area contributed by atoms with Crippen molar-refractivity contribution in [1.29, 1.82) is 0 Å². The predicted molar refractivity (Wildman–Crippen MR) is 85.5 cm³/mol. The van der Waals surface area contributed by atoms with Crippen molar-refractivity contribution in [3.63, 3.8) is 0 Å². The van der Waals surface area contributed by atoms with Gasteiger partial charge in [0.25, 0.3) is 5.91 Å². The van der Waals surface area contributed by atoms with Crippen molar-refractivity contribution in [2.75, 3.05) is 13.1 Å². The summed E-state index contributed by atoms with van der Waals surface area (Å²) in [7, 11) is 0. The van der Waals surface area contributed by atoms with Crippen LogP contribution in [0.15, 0.2) is 22.7 Å². The standard InChI is InChI=1S/C16H21BrN2O2/c17-14-7-4-11(9-15(14)20)16(21)19(13-5-6-13)10-12-3-1-2-8-18-12/h4,7,9,12-13,18,20H,1-3,5-6,8,10H2. The molecule has 5 heteroatoms. The van der Waals surface area contributed by atoms with Crippen molar-refractivity contribution in [2.45, 2.75) is 44.2 Å². The van der Waals surface area contributed by atoms with Crippen LogP contribution in [-0.4, -0.2) is 41.1 Å². The van der Waals surface area contributed by atoms with Gasteiger partial charge >= 0.3 is 0 Å². The molecule has 1 aliphatic carbocycles. The number of halogens is 1. The summed E-state index contributed by atoms with van der Waals surface area (Å²) >= 11 is 3.25. The summed E-state index contributed by atoms with van der Waals surface area (Å²) < 4.78 is 0.617. The average Bonchev–Trinajstić information content (AvgIpc) is 3.33. The molecule has 1 amide bonds. The van der Waals surface area contributed by atoms with Crippen molar-refractivity contribution in [1.82, 2.24) is 10.2 Å². The van der Waals surface area contributed by atoms with Crippen LogP contribution >= 0.6 is 15.9 Å². The van der Waals surface area contributed by atoms with Crippen LogP contribution in [0.3, 0.4) is 0 Å². The zero-order valence-electron chi connectivity index (χ0n) is 12.0. The number of aromatic hydroxyl groups is 1. The van der Waals surface area contributed by atoms with Crippen LogP contribution in [0.25, 0.3) is 0 Å². The van der Waals surface area contributed by atoms with E-state index in [0.29, 0.717) is 22.1 Å². The lowest BCUT2D eigenvalue weighted by Crippen LogP contribution is -2.46. The molecule has 1 aliphatic heterocycles. The van der Waals surface area contributed by atoms with Crippen LogP contribution in [0.2, 0.25) is 0 Å². The van der Waals surface area contributed by atoms with Crippen LogP contribution in [0.5, 0.6) is 5.75 Å². The number of nitrogens with one attached hydrogen (secondary N) is 1. The minimum absolute atomic E-state index is 0.0349. The van der Waals surface area contributed by atoms with Gasteiger partial charge in [0.1, 0.15) is 5.75 Å². The van der Waals surface area contributed by atoms with E-state index in [-0.39, 0.29) is 11.7 Å². The molecular formula is C16H21BrN2O2. The molecule has 0 bridgehead atoms. The van der Waals surface area contributed by atoms with E-state index in [2.05, 4.69) is 21.2 Å². The molecule has 2 aliphatic rings. The number of rotatable bonds is 4. The third kappa shape index (κ3) is 3.58. The first-order valence-corrected chi connectivity index (χ1v) is 8.47. The fraction of sp³-hybridized carbons (Fsp3) is 0.562. The van der Waals surface area contributed by atoms with E-state index in [1.807, 2.05) is 4.90 Å². The highest BCUT2D eigenvalue weighted by Gasteiger charge is 2.34. The van der Waals surface area contributed by atoms with Gasteiger partial charge in [0, 0.05) is 24.2 Å². The molecule has 0 spiro atoms. The zero-order chi connectivity index (χ0) is 14.8. The van der Waals surface area contributed by atoms with E-state index in [9.17, 15) is 9.90 Å². The van der Waals surface area contributed by atoms with E-state index in [4.69, 9.17) is 0 Å². The van der Waals surface area contributed by atoms with Crippen molar-refractivity contribution < 1.29 is 9.90 Å². The maximum absolute atomic E-state index is 12.7. The van der Waals surface area contributed by atoms with Crippen LogP contribution in [0.1, 0.15) is 42.5 Å². The van der Waals surface area contributed by atoms with E-state index >= 15 is 0 Å². The molecule has 1 saturated carbocycles. The van der Waals surface area contributed by atoms with Gasteiger partial charge in [0.15, 0.2) is 0 Å².